The summed E-state index contributed by atoms with van der Waals surface area (Å²) in [5, 5.41) is 0. The maximum absolute atomic E-state index is 12.6. The Bertz CT molecular complexity index is 900. The van der Waals surface area contributed by atoms with E-state index in [9.17, 15) is 9.59 Å². The minimum absolute atomic E-state index is 0.0217. The molecule has 3 rings (SSSR count). The third-order valence-electron chi connectivity index (χ3n) is 4.72. The van der Waals surface area contributed by atoms with Crippen LogP contribution in [0.1, 0.15) is 57.7 Å². The first-order chi connectivity index (χ1) is 13.6. The monoisotopic (exact) mass is 372 g/mol. The number of rotatable bonds is 8. The number of ketones is 1. The molecule has 0 heterocycles. The Morgan fingerprint density at radius 2 is 1.39 bits per heavy atom. The van der Waals surface area contributed by atoms with Crippen molar-refractivity contribution in [1.29, 1.82) is 0 Å². The summed E-state index contributed by atoms with van der Waals surface area (Å²) in [6.45, 7) is 1.54. The number of ether oxygens (including phenoxy) is 1. The highest BCUT2D eigenvalue weighted by Gasteiger charge is 2.18. The quantitative estimate of drug-likeness (QED) is 0.370. The fraction of sp³-hybridized carbons (Fsp3) is 0.200. The Balaban J connectivity index is 1.72. The third-order valence-corrected chi connectivity index (χ3v) is 4.72. The Morgan fingerprint density at radius 1 is 0.786 bits per heavy atom. The lowest BCUT2D eigenvalue weighted by Gasteiger charge is -2.19. The summed E-state index contributed by atoms with van der Waals surface area (Å²) in [5.74, 6) is -0.311. The molecule has 0 bridgehead atoms. The second-order valence-corrected chi connectivity index (χ2v) is 6.82. The number of aryl methyl sites for hydroxylation is 1. The van der Waals surface area contributed by atoms with Crippen molar-refractivity contribution in [2.75, 3.05) is 0 Å². The third kappa shape index (κ3) is 5.40. The van der Waals surface area contributed by atoms with Gasteiger partial charge in [0.1, 0.15) is 6.10 Å². The highest BCUT2D eigenvalue weighted by atomic mass is 16.5. The van der Waals surface area contributed by atoms with Gasteiger partial charge >= 0.3 is 5.97 Å². The second-order valence-electron chi connectivity index (χ2n) is 6.82. The number of hydrogen-bond acceptors (Lipinski definition) is 3. The predicted molar refractivity (Wildman–Crippen MR) is 110 cm³/mol. The number of esters is 1. The highest BCUT2D eigenvalue weighted by molar-refractivity contribution is 5.94. The van der Waals surface area contributed by atoms with E-state index in [2.05, 4.69) is 12.1 Å². The average Bonchev–Trinajstić information content (AvgIpc) is 2.74. The molecule has 0 saturated heterocycles. The normalized spacial score (nSPS) is 11.6. The maximum Gasteiger partial charge on any atom is 0.338 e. The Labute approximate surface area is 166 Å². The topological polar surface area (TPSA) is 43.4 Å². The van der Waals surface area contributed by atoms with Crippen LogP contribution in [0, 0.1) is 0 Å². The number of Topliss-reactive ketones (excluding diaryl/α,β-unsaturated/α-hetero) is 1. The van der Waals surface area contributed by atoms with Crippen molar-refractivity contribution < 1.29 is 14.3 Å². The van der Waals surface area contributed by atoms with Crippen LogP contribution in [0.25, 0.3) is 0 Å². The summed E-state index contributed by atoms with van der Waals surface area (Å²) in [6.07, 6.45) is 2.18. The number of hydrogen-bond donors (Lipinski definition) is 0. The van der Waals surface area contributed by atoms with Crippen molar-refractivity contribution in [2.24, 2.45) is 0 Å². The van der Waals surface area contributed by atoms with Crippen LogP contribution in [0.5, 0.6) is 0 Å². The van der Waals surface area contributed by atoms with Crippen molar-refractivity contribution >= 4 is 11.8 Å². The molecule has 0 aliphatic heterocycles. The molecule has 1 unspecified atom stereocenters. The lowest BCUT2D eigenvalue weighted by atomic mass is 9.99. The first-order valence-corrected chi connectivity index (χ1v) is 9.54. The molecule has 0 amide bonds. The van der Waals surface area contributed by atoms with Gasteiger partial charge in [-0.2, -0.15) is 0 Å². The van der Waals surface area contributed by atoms with Crippen LogP contribution >= 0.6 is 0 Å². The van der Waals surface area contributed by atoms with Crippen LogP contribution in [0.15, 0.2) is 84.9 Å². The Morgan fingerprint density at radius 3 is 2.00 bits per heavy atom. The molecule has 0 N–H and O–H groups in total. The molecule has 28 heavy (non-hydrogen) atoms. The average molecular weight is 372 g/mol. The summed E-state index contributed by atoms with van der Waals surface area (Å²) in [4.78, 5) is 24.1. The van der Waals surface area contributed by atoms with Crippen molar-refractivity contribution in [2.45, 2.75) is 32.3 Å². The molecule has 0 fully saturated rings. The van der Waals surface area contributed by atoms with E-state index in [0.29, 0.717) is 17.5 Å². The first-order valence-electron chi connectivity index (χ1n) is 9.54. The number of carbonyl (C=O) groups is 2. The first kappa shape index (κ1) is 19.6. The number of benzene rings is 3. The SMILES string of the molecule is CC(=O)c1ccc(C(CCCc2ccccc2)OC(=O)c2ccccc2)cc1. The van der Waals surface area contributed by atoms with Crippen LogP contribution in [0.4, 0.5) is 0 Å². The summed E-state index contributed by atoms with van der Waals surface area (Å²) >= 11 is 0. The summed E-state index contributed by atoms with van der Waals surface area (Å²) in [6, 6.07) is 26.6. The lowest BCUT2D eigenvalue weighted by molar-refractivity contribution is 0.0272. The molecular formula is C25H24O3. The predicted octanol–water partition coefficient (Wildman–Crippen LogP) is 5.81. The van der Waals surface area contributed by atoms with Crippen LogP contribution in [0.2, 0.25) is 0 Å². The van der Waals surface area contributed by atoms with E-state index in [1.165, 1.54) is 5.56 Å². The van der Waals surface area contributed by atoms with E-state index in [0.717, 1.165) is 18.4 Å². The van der Waals surface area contributed by atoms with Crippen LogP contribution < -0.4 is 0 Å². The smallest absolute Gasteiger partial charge is 0.338 e. The van der Waals surface area contributed by atoms with Gasteiger partial charge in [-0.25, -0.2) is 4.79 Å². The fourth-order valence-electron chi connectivity index (χ4n) is 3.13. The van der Waals surface area contributed by atoms with E-state index >= 15 is 0 Å². The lowest BCUT2D eigenvalue weighted by Crippen LogP contribution is -2.12. The van der Waals surface area contributed by atoms with Gasteiger partial charge < -0.3 is 4.74 Å². The van der Waals surface area contributed by atoms with Crippen molar-refractivity contribution in [3.05, 3.63) is 107 Å². The highest BCUT2D eigenvalue weighted by Crippen LogP contribution is 2.26. The van der Waals surface area contributed by atoms with E-state index in [1.807, 2.05) is 48.5 Å². The zero-order valence-corrected chi connectivity index (χ0v) is 16.0. The van der Waals surface area contributed by atoms with Gasteiger partial charge in [-0.05, 0) is 49.4 Å². The fourth-order valence-corrected chi connectivity index (χ4v) is 3.13. The van der Waals surface area contributed by atoms with Crippen molar-refractivity contribution in [1.82, 2.24) is 0 Å². The summed E-state index contributed by atoms with van der Waals surface area (Å²) < 4.78 is 5.84. The minimum Gasteiger partial charge on any atom is -0.454 e. The van der Waals surface area contributed by atoms with Gasteiger partial charge in [-0.3, -0.25) is 4.79 Å². The molecule has 142 valence electrons. The van der Waals surface area contributed by atoms with Gasteiger partial charge in [0, 0.05) is 5.56 Å². The molecule has 0 saturated carbocycles. The van der Waals surface area contributed by atoms with Gasteiger partial charge in [0.25, 0.3) is 0 Å². The van der Waals surface area contributed by atoms with Crippen LogP contribution in [-0.2, 0) is 11.2 Å². The zero-order valence-electron chi connectivity index (χ0n) is 16.0. The van der Waals surface area contributed by atoms with Gasteiger partial charge in [-0.1, -0.05) is 72.8 Å². The molecule has 0 radical (unpaired) electrons. The van der Waals surface area contributed by atoms with Crippen molar-refractivity contribution in [3.63, 3.8) is 0 Å². The largest absolute Gasteiger partial charge is 0.454 e. The molecule has 3 heteroatoms. The molecule has 3 aromatic carbocycles. The molecule has 0 aliphatic rings. The molecular weight excluding hydrogens is 348 g/mol. The van der Waals surface area contributed by atoms with E-state index in [4.69, 9.17) is 4.74 Å². The minimum atomic E-state index is -0.350. The van der Waals surface area contributed by atoms with Crippen LogP contribution in [0.3, 0.4) is 0 Å². The van der Waals surface area contributed by atoms with Crippen LogP contribution in [-0.4, -0.2) is 11.8 Å². The van der Waals surface area contributed by atoms with Gasteiger partial charge in [-0.15, -0.1) is 0 Å². The second kappa shape index (κ2) is 9.65. The molecule has 0 aliphatic carbocycles. The zero-order chi connectivity index (χ0) is 19.8. The molecule has 3 aromatic rings. The Hall–Kier alpha value is -3.20. The summed E-state index contributed by atoms with van der Waals surface area (Å²) in [5.41, 5.74) is 3.36. The standard InChI is InChI=1S/C25H24O3/c1-19(26)21-15-17-22(18-16-21)24(14-8-11-20-9-4-2-5-10-20)28-25(27)23-12-6-3-7-13-23/h2-7,9-10,12-13,15-18,24H,8,11,14H2,1H3. The molecule has 1 atom stereocenters. The van der Waals surface area contributed by atoms with Gasteiger partial charge in [0.2, 0.25) is 0 Å². The summed E-state index contributed by atoms with van der Waals surface area (Å²) in [7, 11) is 0. The molecule has 3 nitrogen and oxygen atoms in total. The van der Waals surface area contributed by atoms with E-state index in [-0.39, 0.29) is 17.9 Å². The number of carbonyl (C=O) groups excluding carboxylic acids is 2. The van der Waals surface area contributed by atoms with E-state index < -0.39 is 0 Å². The molecule has 0 aromatic heterocycles. The van der Waals surface area contributed by atoms with Crippen molar-refractivity contribution in [3.8, 4) is 0 Å². The van der Waals surface area contributed by atoms with Gasteiger partial charge in [0.05, 0.1) is 5.56 Å². The Kier molecular flexibility index (Phi) is 6.74. The van der Waals surface area contributed by atoms with E-state index in [1.54, 1.807) is 31.2 Å². The van der Waals surface area contributed by atoms with Gasteiger partial charge in [0.15, 0.2) is 5.78 Å². The maximum atomic E-state index is 12.6. The molecule has 0 spiro atoms.